The monoisotopic (exact) mass is 504 g/mol. The zero-order valence-electron chi connectivity index (χ0n) is 14.6. The predicted octanol–water partition coefficient (Wildman–Crippen LogP) is -0.541. The maximum atomic E-state index is 13.1. The largest absolute Gasteiger partial charge is 0.613 e. The van der Waals surface area contributed by atoms with Gasteiger partial charge in [0.05, 0.1) is 0 Å². The van der Waals surface area contributed by atoms with Crippen molar-refractivity contribution in [2.75, 3.05) is 0 Å². The summed E-state index contributed by atoms with van der Waals surface area (Å²) in [4.78, 5) is 25.8. The molecule has 3 fully saturated rings. The average Bonchev–Trinajstić information content (AvgIpc) is 2.70. The van der Waals surface area contributed by atoms with Crippen molar-refractivity contribution in [2.45, 2.75) is 37.5 Å². The molecule has 1 aromatic heterocycles. The third-order valence-corrected chi connectivity index (χ3v) is 9.01. The van der Waals surface area contributed by atoms with Gasteiger partial charge in [0.2, 0.25) is 18.0 Å². The van der Waals surface area contributed by atoms with E-state index in [1.54, 1.807) is 0 Å². The van der Waals surface area contributed by atoms with Crippen LogP contribution in [0.5, 0.6) is 5.88 Å². The molecule has 0 radical (unpaired) electrons. The van der Waals surface area contributed by atoms with Crippen LogP contribution in [0.25, 0.3) is 0 Å². The fourth-order valence-electron chi connectivity index (χ4n) is 3.71. The number of aromatic nitrogens is 2. The van der Waals surface area contributed by atoms with Gasteiger partial charge >= 0.3 is 46.8 Å². The van der Waals surface area contributed by atoms with Gasteiger partial charge in [-0.15, -0.1) is 0 Å². The van der Waals surface area contributed by atoms with Crippen molar-refractivity contribution in [1.82, 2.24) is 9.30 Å². The van der Waals surface area contributed by atoms with Gasteiger partial charge in [0.1, 0.15) is 0 Å². The number of hydrogen-bond acceptors (Lipinski definition) is 16. The van der Waals surface area contributed by atoms with E-state index in [1.807, 2.05) is 0 Å². The molecule has 5 unspecified atom stereocenters. The number of hydrogen-bond donors (Lipinski definition) is 1. The van der Waals surface area contributed by atoms with E-state index in [4.69, 9.17) is 45.6 Å². The topological polar surface area (TPSA) is 208 Å². The number of fused-ring (bicyclic) bond motifs is 2. The van der Waals surface area contributed by atoms with Crippen molar-refractivity contribution in [1.29, 1.82) is 0 Å². The van der Waals surface area contributed by atoms with Crippen molar-refractivity contribution in [3.8, 4) is 5.88 Å². The Bertz CT molecular complexity index is 1370. The molecule has 18 nitrogen and oxygen atoms in total. The summed E-state index contributed by atoms with van der Waals surface area (Å²) in [6.45, 7) is 1.41. The third-order valence-electron chi connectivity index (χ3n) is 4.96. The SMILES string of the molecule is CCC12OC3(OP4(=O)OC5(OP6(=O)Oc7c5c(=O)n(c(=O)n73)O6)O4)OP(=O)(OC1O)O2. The number of nitrogens with zero attached hydrogens (tertiary/aromatic N) is 2. The van der Waals surface area contributed by atoms with Crippen molar-refractivity contribution in [3.05, 3.63) is 26.4 Å². The summed E-state index contributed by atoms with van der Waals surface area (Å²) in [7, 11) is -14.4. The molecule has 31 heavy (non-hydrogen) atoms. The number of phosphoric ester groups is 3. The van der Waals surface area contributed by atoms with E-state index in [0.717, 1.165) is 0 Å². The second-order valence-corrected chi connectivity index (χ2v) is 11.1. The molecule has 9 bridgehead atoms. The predicted molar refractivity (Wildman–Crippen MR) is 82.4 cm³/mol. The van der Waals surface area contributed by atoms with Gasteiger partial charge in [-0.25, -0.2) is 45.6 Å². The van der Waals surface area contributed by atoms with E-state index in [9.17, 15) is 28.4 Å². The van der Waals surface area contributed by atoms with Crippen molar-refractivity contribution < 1.29 is 64.4 Å². The lowest BCUT2D eigenvalue weighted by molar-refractivity contribution is -0.480. The first-order valence-electron chi connectivity index (χ1n) is 8.33. The summed E-state index contributed by atoms with van der Waals surface area (Å²) < 4.78 is 89.5. The summed E-state index contributed by atoms with van der Waals surface area (Å²) in [6.07, 6.45) is -5.47. The van der Waals surface area contributed by atoms with Crippen molar-refractivity contribution in [2.24, 2.45) is 0 Å². The van der Waals surface area contributed by atoms with Gasteiger partial charge in [-0.3, -0.25) is 18.7 Å². The van der Waals surface area contributed by atoms with Gasteiger partial charge in [-0.1, -0.05) is 11.7 Å². The van der Waals surface area contributed by atoms with Crippen LogP contribution in [0.1, 0.15) is 18.9 Å². The van der Waals surface area contributed by atoms with E-state index in [1.165, 1.54) is 6.92 Å². The fraction of sp³-hybridized carbons (Fsp3) is 0.600. The lowest BCUT2D eigenvalue weighted by atomic mass is 10.2. The van der Waals surface area contributed by atoms with Crippen LogP contribution in [0.15, 0.2) is 9.59 Å². The number of phosphoric acid groups is 3. The van der Waals surface area contributed by atoms with Crippen LogP contribution in [0.2, 0.25) is 0 Å². The Kier molecular flexibility index (Phi) is 3.03. The van der Waals surface area contributed by atoms with Gasteiger partial charge in [-0.05, 0) is 0 Å². The molecule has 0 aromatic carbocycles. The second kappa shape index (κ2) is 4.92. The summed E-state index contributed by atoms with van der Waals surface area (Å²) >= 11 is 0. The average molecular weight is 504 g/mol. The van der Waals surface area contributed by atoms with E-state index < -0.39 is 70.3 Å². The van der Waals surface area contributed by atoms with Crippen LogP contribution in [0, 0.1) is 0 Å². The molecule has 21 heteroatoms. The van der Waals surface area contributed by atoms with Crippen LogP contribution < -0.4 is 20.4 Å². The molecule has 10 heterocycles. The van der Waals surface area contributed by atoms with E-state index in [-0.39, 0.29) is 15.7 Å². The zero-order valence-corrected chi connectivity index (χ0v) is 17.3. The Morgan fingerprint density at radius 3 is 2.39 bits per heavy atom. The summed E-state index contributed by atoms with van der Waals surface area (Å²) in [5.41, 5.74) is -3.55. The van der Waals surface area contributed by atoms with Crippen LogP contribution in [-0.4, -0.2) is 26.5 Å². The van der Waals surface area contributed by atoms with Crippen LogP contribution in [0.4, 0.5) is 0 Å². The Morgan fingerprint density at radius 1 is 1.00 bits per heavy atom. The number of ether oxygens (including phenoxy) is 1. The number of rotatable bonds is 1. The highest BCUT2D eigenvalue weighted by molar-refractivity contribution is 7.51. The van der Waals surface area contributed by atoms with Crippen LogP contribution >= 0.6 is 23.5 Å². The minimum atomic E-state index is -4.81. The highest BCUT2D eigenvalue weighted by atomic mass is 31.2. The van der Waals surface area contributed by atoms with Gasteiger partial charge < -0.3 is 9.63 Å². The van der Waals surface area contributed by atoms with Gasteiger partial charge in [0.15, 0.2) is 5.56 Å². The van der Waals surface area contributed by atoms with Crippen molar-refractivity contribution in [3.63, 3.8) is 0 Å². The molecule has 1 N–H and O–H groups in total. The first kappa shape index (κ1) is 19.1. The normalized spacial score (nSPS) is 52.3. The quantitative estimate of drug-likeness (QED) is 0.476. The molecule has 2 spiro atoms. The molecular formula is C10H7N2O16P3. The zero-order chi connectivity index (χ0) is 21.8. The van der Waals surface area contributed by atoms with Crippen LogP contribution in [-0.2, 0) is 62.2 Å². The molecule has 168 valence electrons. The molecule has 5 atom stereocenters. The summed E-state index contributed by atoms with van der Waals surface area (Å²) in [5.74, 6) is -5.83. The van der Waals surface area contributed by atoms with E-state index >= 15 is 0 Å². The molecule has 0 amide bonds. The first-order chi connectivity index (χ1) is 14.4. The number of aliphatic hydroxyl groups excluding tert-OH is 1. The van der Waals surface area contributed by atoms with Gasteiger partial charge in [0, 0.05) is 6.42 Å². The molecule has 10 rings (SSSR count). The lowest BCUT2D eigenvalue weighted by Gasteiger charge is -2.51. The highest BCUT2D eigenvalue weighted by Gasteiger charge is 2.79. The molecule has 9 aliphatic rings. The molecule has 9 aliphatic heterocycles. The lowest BCUT2D eigenvalue weighted by Crippen LogP contribution is -2.62. The Balaban J connectivity index is 1.61. The van der Waals surface area contributed by atoms with Gasteiger partial charge in [0.25, 0.3) is 0 Å². The molecule has 1 aromatic rings. The maximum Gasteiger partial charge on any atom is 0.613 e. The molecule has 0 saturated carbocycles. The summed E-state index contributed by atoms with van der Waals surface area (Å²) in [6, 6.07) is 0. The molecule has 0 aliphatic carbocycles. The standard InChI is InChI=1S/C10H7N2O16P3/c1-2-8-6(14)20-29(16,22-8)26-10(21-8)11-5-3-4(13)12(7(11)15)28-30(17,19-5)23-9(3)24-31(18,25-9)27-10/h6,14H,2H2,1H3. The fourth-order valence-corrected chi connectivity index (χ4v) is 8.15. The van der Waals surface area contributed by atoms with Gasteiger partial charge in [-0.2, -0.15) is 4.57 Å². The number of aliphatic hydroxyl groups is 1. The first-order valence-corrected chi connectivity index (χ1v) is 12.7. The second-order valence-electron chi connectivity index (χ2n) is 6.77. The minimum Gasteiger partial charge on any atom is -0.376 e. The summed E-state index contributed by atoms with van der Waals surface area (Å²) in [5, 5.41) is 10.2. The maximum absolute atomic E-state index is 13.1. The van der Waals surface area contributed by atoms with E-state index in [2.05, 4.69) is 0 Å². The smallest absolute Gasteiger partial charge is 0.376 e. The van der Waals surface area contributed by atoms with E-state index in [0.29, 0.717) is 0 Å². The Hall–Kier alpha value is -1.39. The highest BCUT2D eigenvalue weighted by Crippen LogP contribution is 2.80. The Morgan fingerprint density at radius 2 is 1.68 bits per heavy atom. The molecule has 3 saturated heterocycles. The Labute approximate surface area is 167 Å². The minimum absolute atomic E-state index is 0.0519. The third kappa shape index (κ3) is 2.00. The van der Waals surface area contributed by atoms with Crippen LogP contribution in [0.3, 0.4) is 0 Å². The molecular weight excluding hydrogens is 497 g/mol. The van der Waals surface area contributed by atoms with Crippen molar-refractivity contribution >= 4 is 23.5 Å².